The maximum atomic E-state index is 11.4. The molecule has 0 spiro atoms. The third-order valence-electron chi connectivity index (χ3n) is 0.773. The van der Waals surface area contributed by atoms with Gasteiger partial charge in [-0.1, -0.05) is 6.08 Å². The van der Waals surface area contributed by atoms with Gasteiger partial charge in [-0.3, -0.25) is 0 Å². The largest absolute Gasteiger partial charge is 0.503 e. The molecule has 1 nitrogen and oxygen atoms in total. The molecule has 0 aromatic carbocycles. The van der Waals surface area contributed by atoms with E-state index in [1.807, 2.05) is 0 Å². The Morgan fingerprint density at radius 3 is 2.40 bits per heavy atom. The van der Waals surface area contributed by atoms with Gasteiger partial charge in [-0.15, -0.1) is 6.58 Å². The number of halogens is 3. The first-order valence-electron chi connectivity index (χ1n) is 2.96. The second-order valence-electron chi connectivity index (χ2n) is 1.86. The molecule has 0 aliphatic rings. The Labute approximate surface area is 57.9 Å². The van der Waals surface area contributed by atoms with E-state index in [-0.39, 0.29) is 6.61 Å². The van der Waals surface area contributed by atoms with Crippen molar-refractivity contribution >= 4 is 6.98 Å². The highest BCUT2D eigenvalue weighted by Crippen LogP contribution is 2.07. The maximum Gasteiger partial charge on any atom is 0.503 e. The molecule has 0 bridgehead atoms. The molecule has 5 heteroatoms. The number of ether oxygens (including phenoxy) is 1. The molecule has 0 radical (unpaired) electrons. The van der Waals surface area contributed by atoms with E-state index in [4.69, 9.17) is 0 Å². The van der Waals surface area contributed by atoms with Crippen LogP contribution in [0.4, 0.5) is 12.9 Å². The average molecular weight is 153 g/mol. The van der Waals surface area contributed by atoms with Gasteiger partial charge in [0, 0.05) is 13.1 Å². The van der Waals surface area contributed by atoms with Gasteiger partial charge in [-0.25, -0.2) is 0 Å². The topological polar surface area (TPSA) is 9.23 Å². The van der Waals surface area contributed by atoms with Crippen molar-refractivity contribution in [1.82, 2.24) is 0 Å². The third-order valence-corrected chi connectivity index (χ3v) is 0.773. The highest BCUT2D eigenvalue weighted by atomic mass is 19.4. The Morgan fingerprint density at radius 1 is 1.40 bits per heavy atom. The molecule has 10 heavy (non-hydrogen) atoms. The van der Waals surface area contributed by atoms with Crippen LogP contribution in [0.1, 0.15) is 6.42 Å². The van der Waals surface area contributed by atoms with Crippen LogP contribution in [0.5, 0.6) is 0 Å². The van der Waals surface area contributed by atoms with Gasteiger partial charge in [-0.05, 0) is 6.42 Å². The van der Waals surface area contributed by atoms with E-state index in [1.165, 1.54) is 6.08 Å². The lowest BCUT2D eigenvalue weighted by atomic mass is 9.95. The number of hydrogen-bond acceptors (Lipinski definition) is 1. The van der Waals surface area contributed by atoms with Gasteiger partial charge in [0.15, 0.2) is 0 Å². The fraction of sp³-hybridized carbons (Fsp3) is 0.600. The number of hydrogen-bond donors (Lipinski definition) is 0. The first kappa shape index (κ1) is 9.55. The molecule has 0 aliphatic carbocycles. The van der Waals surface area contributed by atoms with Crippen molar-refractivity contribution in [3.05, 3.63) is 12.7 Å². The third kappa shape index (κ3) is 7.55. The zero-order chi connectivity index (χ0) is 8.04. The van der Waals surface area contributed by atoms with Crippen molar-refractivity contribution in [3.63, 3.8) is 0 Å². The Kier molecular flexibility index (Phi) is 4.19. The van der Waals surface area contributed by atoms with Gasteiger partial charge >= 0.3 is 6.98 Å². The summed E-state index contributed by atoms with van der Waals surface area (Å²) in [7, 11) is 0. The SMILES string of the molecule is C=CCCOC[B-](F)(F)F. The summed E-state index contributed by atoms with van der Waals surface area (Å²) in [5, 5.41) is 0. The van der Waals surface area contributed by atoms with Crippen molar-refractivity contribution in [2.75, 3.05) is 13.1 Å². The smallest absolute Gasteiger partial charge is 0.447 e. The molecular formula is C5H9BF3O-. The Morgan fingerprint density at radius 2 is 2.00 bits per heavy atom. The monoisotopic (exact) mass is 153 g/mol. The minimum Gasteiger partial charge on any atom is -0.447 e. The van der Waals surface area contributed by atoms with Gasteiger partial charge in [-0.2, -0.15) is 0 Å². The van der Waals surface area contributed by atoms with E-state index in [0.29, 0.717) is 6.42 Å². The average Bonchev–Trinajstić information content (AvgIpc) is 1.78. The fourth-order valence-electron chi connectivity index (χ4n) is 0.384. The summed E-state index contributed by atoms with van der Waals surface area (Å²) in [6.45, 7) is -2.44. The molecule has 0 heterocycles. The molecule has 0 atom stereocenters. The molecule has 0 saturated carbocycles. The highest BCUT2D eigenvalue weighted by molar-refractivity contribution is 6.58. The normalized spacial score (nSPS) is 11.5. The summed E-state index contributed by atoms with van der Waals surface area (Å²) in [5.41, 5.74) is 0. The van der Waals surface area contributed by atoms with Crippen LogP contribution in [0.3, 0.4) is 0 Å². The first-order chi connectivity index (χ1) is 4.56. The second-order valence-corrected chi connectivity index (χ2v) is 1.86. The molecule has 0 aromatic rings. The molecule has 0 rings (SSSR count). The van der Waals surface area contributed by atoms with Gasteiger partial charge < -0.3 is 17.7 Å². The highest BCUT2D eigenvalue weighted by Gasteiger charge is 2.22. The van der Waals surface area contributed by atoms with Crippen LogP contribution in [0, 0.1) is 0 Å². The van der Waals surface area contributed by atoms with Crippen LogP contribution >= 0.6 is 0 Å². The van der Waals surface area contributed by atoms with E-state index in [9.17, 15) is 12.9 Å². The summed E-state index contributed by atoms with van der Waals surface area (Å²) in [4.78, 5) is 0. The van der Waals surface area contributed by atoms with Crippen LogP contribution in [-0.2, 0) is 4.74 Å². The van der Waals surface area contributed by atoms with E-state index in [0.717, 1.165) is 0 Å². The standard InChI is InChI=1S/C5H9BF3O/c1-2-3-4-10-5-6(7,8)9/h2H,1,3-5H2/q-1. The second kappa shape index (κ2) is 4.38. The van der Waals surface area contributed by atoms with Crippen molar-refractivity contribution < 1.29 is 17.7 Å². The molecule has 0 aliphatic heterocycles. The lowest BCUT2D eigenvalue weighted by Crippen LogP contribution is -2.24. The van der Waals surface area contributed by atoms with E-state index >= 15 is 0 Å². The van der Waals surface area contributed by atoms with Gasteiger partial charge in [0.1, 0.15) is 0 Å². The lowest BCUT2D eigenvalue weighted by Gasteiger charge is -2.12. The Hall–Kier alpha value is -0.445. The molecule has 0 amide bonds. The fourth-order valence-corrected chi connectivity index (χ4v) is 0.384. The molecule has 0 saturated heterocycles. The van der Waals surface area contributed by atoms with Crippen LogP contribution in [-0.4, -0.2) is 20.1 Å². The minimum absolute atomic E-state index is 0.102. The molecule has 0 aromatic heterocycles. The zero-order valence-corrected chi connectivity index (χ0v) is 5.53. The molecule has 0 N–H and O–H groups in total. The minimum atomic E-state index is -4.77. The van der Waals surface area contributed by atoms with Gasteiger partial charge in [0.05, 0.1) is 0 Å². The molecule has 0 unspecified atom stereocenters. The van der Waals surface area contributed by atoms with E-state index < -0.39 is 13.5 Å². The zero-order valence-electron chi connectivity index (χ0n) is 5.53. The molecule has 0 fully saturated rings. The van der Waals surface area contributed by atoms with Crippen molar-refractivity contribution in [2.45, 2.75) is 6.42 Å². The molecular weight excluding hydrogens is 144 g/mol. The van der Waals surface area contributed by atoms with Crippen LogP contribution in [0.2, 0.25) is 0 Å². The predicted molar refractivity (Wildman–Crippen MR) is 34.7 cm³/mol. The van der Waals surface area contributed by atoms with E-state index in [1.54, 1.807) is 0 Å². The van der Waals surface area contributed by atoms with Crippen molar-refractivity contribution in [3.8, 4) is 0 Å². The van der Waals surface area contributed by atoms with Crippen LogP contribution < -0.4 is 0 Å². The number of rotatable bonds is 5. The summed E-state index contributed by atoms with van der Waals surface area (Å²) in [6, 6.07) is 0. The first-order valence-corrected chi connectivity index (χ1v) is 2.96. The maximum absolute atomic E-state index is 11.4. The molecule has 60 valence electrons. The van der Waals surface area contributed by atoms with E-state index in [2.05, 4.69) is 11.3 Å². The summed E-state index contributed by atoms with van der Waals surface area (Å²) < 4.78 is 38.5. The van der Waals surface area contributed by atoms with Crippen LogP contribution in [0.25, 0.3) is 0 Å². The quantitative estimate of drug-likeness (QED) is 0.333. The summed E-state index contributed by atoms with van der Waals surface area (Å²) in [5.74, 6) is 0. The van der Waals surface area contributed by atoms with Crippen molar-refractivity contribution in [1.29, 1.82) is 0 Å². The van der Waals surface area contributed by atoms with Crippen molar-refractivity contribution in [2.24, 2.45) is 0 Å². The van der Waals surface area contributed by atoms with Crippen LogP contribution in [0.15, 0.2) is 12.7 Å². The lowest BCUT2D eigenvalue weighted by molar-refractivity contribution is 0.155. The van der Waals surface area contributed by atoms with Gasteiger partial charge in [0.2, 0.25) is 0 Å². The Balaban J connectivity index is 3.12. The predicted octanol–water partition coefficient (Wildman–Crippen LogP) is 1.97. The Bertz CT molecular complexity index is 102. The van der Waals surface area contributed by atoms with Gasteiger partial charge in [0.25, 0.3) is 0 Å². The summed E-state index contributed by atoms with van der Waals surface area (Å²) in [6.07, 6.45) is 1.98. The summed E-state index contributed by atoms with van der Waals surface area (Å²) >= 11 is 0.